The fourth-order valence-corrected chi connectivity index (χ4v) is 3.85. The Morgan fingerprint density at radius 3 is 2.76 bits per heavy atom. The summed E-state index contributed by atoms with van der Waals surface area (Å²) in [6.45, 7) is 2.17. The Hall–Kier alpha value is -3.19. The molecule has 1 atom stereocenters. The molecule has 2 N–H and O–H groups in total. The van der Waals surface area contributed by atoms with Crippen LogP contribution in [0.5, 0.6) is 0 Å². The van der Waals surface area contributed by atoms with Gasteiger partial charge >= 0.3 is 0 Å². The third-order valence-electron chi connectivity index (χ3n) is 4.90. The van der Waals surface area contributed by atoms with Crippen LogP contribution in [0, 0.1) is 0 Å². The van der Waals surface area contributed by atoms with Crippen LogP contribution < -0.4 is 15.5 Å². The molecule has 4 rings (SSSR count). The number of halogens is 1. The molecule has 2 amide bonds. The molecular formula is C21H20ClN5O2. The summed E-state index contributed by atoms with van der Waals surface area (Å²) in [5, 5.41) is 6.87. The maximum Gasteiger partial charge on any atom is 0.247 e. The number of rotatable bonds is 4. The monoisotopic (exact) mass is 409 g/mol. The van der Waals surface area contributed by atoms with Gasteiger partial charge in [-0.05, 0) is 43.2 Å². The minimum Gasteiger partial charge on any atom is -0.344 e. The number of nitrogens with one attached hydrogen (secondary N) is 2. The summed E-state index contributed by atoms with van der Waals surface area (Å²) in [6.07, 6.45) is 3.17. The number of carbonyl (C=O) groups is 2. The quantitative estimate of drug-likeness (QED) is 0.683. The first-order valence-electron chi connectivity index (χ1n) is 9.37. The molecule has 29 heavy (non-hydrogen) atoms. The Kier molecular flexibility index (Phi) is 5.31. The molecule has 1 aromatic heterocycles. The van der Waals surface area contributed by atoms with Crippen molar-refractivity contribution in [3.63, 3.8) is 0 Å². The number of nitrogens with zero attached hydrogens (tertiary/aromatic N) is 3. The highest BCUT2D eigenvalue weighted by atomic mass is 35.5. The largest absolute Gasteiger partial charge is 0.344 e. The van der Waals surface area contributed by atoms with Crippen molar-refractivity contribution in [2.75, 3.05) is 22.1 Å². The number of hydrogen-bond acceptors (Lipinski definition) is 5. The van der Waals surface area contributed by atoms with Gasteiger partial charge in [0.05, 0.1) is 16.2 Å². The Balaban J connectivity index is 1.55. The number of fused-ring (bicyclic) bond motifs is 1. The number of benzene rings is 2. The Morgan fingerprint density at radius 1 is 1.14 bits per heavy atom. The van der Waals surface area contributed by atoms with E-state index >= 15 is 0 Å². The molecule has 3 aromatic rings. The van der Waals surface area contributed by atoms with E-state index in [-0.39, 0.29) is 17.9 Å². The molecule has 0 spiro atoms. The normalized spacial score (nSPS) is 16.1. The summed E-state index contributed by atoms with van der Waals surface area (Å²) in [4.78, 5) is 35.0. The van der Waals surface area contributed by atoms with Crippen LogP contribution in [0.2, 0.25) is 5.02 Å². The summed E-state index contributed by atoms with van der Waals surface area (Å²) in [5.74, 6) is 0.447. The Bertz CT molecular complexity index is 1080. The smallest absolute Gasteiger partial charge is 0.247 e. The summed E-state index contributed by atoms with van der Waals surface area (Å²) >= 11 is 6.21. The minimum atomic E-state index is -0.331. The van der Waals surface area contributed by atoms with Gasteiger partial charge in [-0.25, -0.2) is 9.97 Å². The summed E-state index contributed by atoms with van der Waals surface area (Å²) < 4.78 is 0. The second kappa shape index (κ2) is 8.05. The number of aromatic nitrogens is 2. The molecule has 1 aliphatic rings. The molecule has 1 saturated heterocycles. The van der Waals surface area contributed by atoms with Crippen molar-refractivity contribution in [2.24, 2.45) is 0 Å². The molecule has 8 heteroatoms. The van der Waals surface area contributed by atoms with E-state index in [9.17, 15) is 9.59 Å². The minimum absolute atomic E-state index is 0.117. The molecule has 0 aliphatic carbocycles. The van der Waals surface area contributed by atoms with Crippen LogP contribution in [0.25, 0.3) is 10.9 Å². The Morgan fingerprint density at radius 2 is 1.97 bits per heavy atom. The zero-order chi connectivity index (χ0) is 20.4. The fourth-order valence-electron chi connectivity index (χ4n) is 3.62. The van der Waals surface area contributed by atoms with Crippen LogP contribution >= 0.6 is 11.6 Å². The highest BCUT2D eigenvalue weighted by Gasteiger charge is 2.32. The van der Waals surface area contributed by atoms with Gasteiger partial charge in [-0.2, -0.15) is 0 Å². The average molecular weight is 410 g/mol. The first-order chi connectivity index (χ1) is 14.0. The molecule has 1 aliphatic heterocycles. The zero-order valence-corrected chi connectivity index (χ0v) is 16.6. The van der Waals surface area contributed by atoms with E-state index in [0.29, 0.717) is 16.4 Å². The lowest BCUT2D eigenvalue weighted by Gasteiger charge is -2.26. The maximum atomic E-state index is 13.0. The van der Waals surface area contributed by atoms with Gasteiger partial charge in [0.25, 0.3) is 0 Å². The van der Waals surface area contributed by atoms with Crippen molar-refractivity contribution in [3.8, 4) is 0 Å². The van der Waals surface area contributed by atoms with Crippen molar-refractivity contribution >= 4 is 51.5 Å². The van der Waals surface area contributed by atoms with Gasteiger partial charge in [0, 0.05) is 24.5 Å². The molecule has 1 unspecified atom stereocenters. The molecule has 0 saturated carbocycles. The maximum absolute atomic E-state index is 13.0. The van der Waals surface area contributed by atoms with Crippen LogP contribution in [-0.4, -0.2) is 34.4 Å². The van der Waals surface area contributed by atoms with Crippen molar-refractivity contribution in [3.05, 3.63) is 53.8 Å². The molecule has 0 bridgehead atoms. The number of hydrogen-bond donors (Lipinski definition) is 2. The topological polar surface area (TPSA) is 87.2 Å². The number of amides is 2. The lowest BCUT2D eigenvalue weighted by molar-refractivity contribution is -0.117. The Labute approximate surface area is 173 Å². The predicted octanol–water partition coefficient (Wildman–Crippen LogP) is 3.85. The number of carbonyl (C=O) groups excluding carboxylic acids is 2. The first kappa shape index (κ1) is 19.1. The molecule has 0 radical (unpaired) electrons. The van der Waals surface area contributed by atoms with Crippen LogP contribution in [0.1, 0.15) is 19.8 Å². The molecule has 2 aromatic carbocycles. The lowest BCUT2D eigenvalue weighted by atomic mass is 10.1. The van der Waals surface area contributed by atoms with E-state index in [4.69, 9.17) is 11.6 Å². The van der Waals surface area contributed by atoms with Gasteiger partial charge in [-0.1, -0.05) is 23.7 Å². The second-order valence-corrected chi connectivity index (χ2v) is 7.34. The third-order valence-corrected chi connectivity index (χ3v) is 5.21. The summed E-state index contributed by atoms with van der Waals surface area (Å²) in [5.41, 5.74) is 1.93. The fraction of sp³-hybridized carbons (Fsp3) is 0.238. The van der Waals surface area contributed by atoms with E-state index < -0.39 is 0 Å². The number of para-hydroxylation sites is 1. The van der Waals surface area contributed by atoms with E-state index in [1.54, 1.807) is 18.2 Å². The number of anilines is 3. The van der Waals surface area contributed by atoms with Crippen molar-refractivity contribution < 1.29 is 9.59 Å². The molecule has 1 fully saturated rings. The standard InChI is InChI=1S/C21H20ClN5O2/c1-13(28)25-18-9-8-14(11-16(18)22)26-21(29)19-7-4-10-27(19)20-15-5-2-3-6-17(15)23-12-24-20/h2-3,5-6,8-9,11-12,19H,4,7,10H2,1H3,(H,25,28)(H,26,29). The first-order valence-corrected chi connectivity index (χ1v) is 9.75. The van der Waals surface area contributed by atoms with Gasteiger partial charge in [-0.3, -0.25) is 9.59 Å². The van der Waals surface area contributed by atoms with Gasteiger partial charge in [-0.15, -0.1) is 0 Å². The lowest BCUT2D eigenvalue weighted by Crippen LogP contribution is -2.40. The molecule has 7 nitrogen and oxygen atoms in total. The van der Waals surface area contributed by atoms with Crippen LogP contribution in [0.3, 0.4) is 0 Å². The van der Waals surface area contributed by atoms with Crippen molar-refractivity contribution in [2.45, 2.75) is 25.8 Å². The van der Waals surface area contributed by atoms with Gasteiger partial charge in [0.15, 0.2) is 0 Å². The SMILES string of the molecule is CC(=O)Nc1ccc(NC(=O)C2CCCN2c2ncnc3ccccc23)cc1Cl. The van der Waals surface area contributed by atoms with Crippen molar-refractivity contribution in [1.29, 1.82) is 0 Å². The van der Waals surface area contributed by atoms with Crippen LogP contribution in [-0.2, 0) is 9.59 Å². The van der Waals surface area contributed by atoms with E-state index in [1.807, 2.05) is 29.2 Å². The summed E-state index contributed by atoms with van der Waals surface area (Å²) in [7, 11) is 0. The highest BCUT2D eigenvalue weighted by Crippen LogP contribution is 2.31. The van der Waals surface area contributed by atoms with E-state index in [0.717, 1.165) is 36.1 Å². The van der Waals surface area contributed by atoms with E-state index in [1.165, 1.54) is 13.3 Å². The van der Waals surface area contributed by atoms with Crippen molar-refractivity contribution in [1.82, 2.24) is 9.97 Å². The summed E-state index contributed by atoms with van der Waals surface area (Å²) in [6, 6.07) is 12.5. The third kappa shape index (κ3) is 4.00. The van der Waals surface area contributed by atoms with Crippen LogP contribution in [0.15, 0.2) is 48.8 Å². The predicted molar refractivity (Wildman–Crippen MR) is 114 cm³/mol. The second-order valence-electron chi connectivity index (χ2n) is 6.93. The average Bonchev–Trinajstić information content (AvgIpc) is 3.19. The molecule has 2 heterocycles. The van der Waals surface area contributed by atoms with Gasteiger partial charge in [0.1, 0.15) is 18.2 Å². The van der Waals surface area contributed by atoms with Gasteiger partial charge < -0.3 is 15.5 Å². The highest BCUT2D eigenvalue weighted by molar-refractivity contribution is 6.34. The van der Waals surface area contributed by atoms with Crippen LogP contribution in [0.4, 0.5) is 17.2 Å². The zero-order valence-electron chi connectivity index (χ0n) is 15.9. The van der Waals surface area contributed by atoms with Gasteiger partial charge in [0.2, 0.25) is 11.8 Å². The molecule has 148 valence electrons. The molecular weight excluding hydrogens is 390 g/mol. The van der Waals surface area contributed by atoms with E-state index in [2.05, 4.69) is 20.6 Å².